The van der Waals surface area contributed by atoms with E-state index in [-0.39, 0.29) is 0 Å². The van der Waals surface area contributed by atoms with Crippen LogP contribution in [0.3, 0.4) is 0 Å². The molecule has 4 aromatic rings. The van der Waals surface area contributed by atoms with Crippen molar-refractivity contribution in [3.63, 3.8) is 0 Å². The van der Waals surface area contributed by atoms with E-state index in [1.165, 1.54) is 11.1 Å². The Balaban J connectivity index is 1.97. The van der Waals surface area contributed by atoms with Gasteiger partial charge in [0.05, 0.1) is 11.0 Å². The van der Waals surface area contributed by atoms with Gasteiger partial charge in [-0.25, -0.2) is 4.98 Å². The third-order valence-corrected chi connectivity index (χ3v) is 4.74. The molecule has 3 nitrogen and oxygen atoms in total. The highest BCUT2D eigenvalue weighted by atomic mass is 14.9. The van der Waals surface area contributed by atoms with Gasteiger partial charge in [0.15, 0.2) is 0 Å². The van der Waals surface area contributed by atoms with Gasteiger partial charge in [-0.05, 0) is 54.2 Å². The zero-order valence-corrected chi connectivity index (χ0v) is 15.5. The lowest BCUT2D eigenvalue weighted by atomic mass is 9.96. The lowest BCUT2D eigenvalue weighted by Gasteiger charge is -2.12. The molecule has 26 heavy (non-hydrogen) atoms. The first-order valence-electron chi connectivity index (χ1n) is 9.08. The summed E-state index contributed by atoms with van der Waals surface area (Å²) in [6.07, 6.45) is 1.09. The van der Waals surface area contributed by atoms with Crippen molar-refractivity contribution >= 4 is 27.6 Å². The number of benzene rings is 2. The summed E-state index contributed by atoms with van der Waals surface area (Å²) in [7, 11) is 0. The van der Waals surface area contributed by atoms with Crippen LogP contribution in [0.4, 0.5) is 5.82 Å². The third-order valence-electron chi connectivity index (χ3n) is 4.74. The molecule has 2 aromatic carbocycles. The highest BCUT2D eigenvalue weighted by molar-refractivity contribution is 6.13. The lowest BCUT2D eigenvalue weighted by Crippen LogP contribution is -1.97. The summed E-state index contributed by atoms with van der Waals surface area (Å²) >= 11 is 0. The number of hydrogen-bond acceptors (Lipinski definition) is 3. The zero-order chi connectivity index (χ0) is 18.3. The van der Waals surface area contributed by atoms with E-state index in [2.05, 4.69) is 49.2 Å². The Morgan fingerprint density at radius 3 is 2.42 bits per heavy atom. The number of aromatic nitrogens is 2. The monoisotopic (exact) mass is 341 g/mol. The van der Waals surface area contributed by atoms with Crippen LogP contribution in [-0.2, 0) is 6.42 Å². The van der Waals surface area contributed by atoms with Crippen LogP contribution in [0.15, 0.2) is 54.6 Å². The first kappa shape index (κ1) is 16.5. The van der Waals surface area contributed by atoms with Crippen LogP contribution in [0.25, 0.3) is 32.9 Å². The van der Waals surface area contributed by atoms with Crippen LogP contribution >= 0.6 is 0 Å². The number of aryl methyl sites for hydroxylation is 1. The maximum absolute atomic E-state index is 6.18. The predicted molar refractivity (Wildman–Crippen MR) is 110 cm³/mol. The van der Waals surface area contributed by atoms with Crippen molar-refractivity contribution in [2.75, 3.05) is 5.73 Å². The van der Waals surface area contributed by atoms with E-state index >= 15 is 0 Å². The molecule has 0 saturated carbocycles. The van der Waals surface area contributed by atoms with E-state index in [1.807, 2.05) is 31.2 Å². The van der Waals surface area contributed by atoms with Crippen molar-refractivity contribution in [1.29, 1.82) is 0 Å². The molecule has 0 saturated heterocycles. The average Bonchev–Trinajstić information content (AvgIpc) is 2.61. The molecule has 2 aromatic heterocycles. The van der Waals surface area contributed by atoms with E-state index in [0.29, 0.717) is 11.7 Å². The van der Waals surface area contributed by atoms with Crippen LogP contribution < -0.4 is 5.73 Å². The molecule has 130 valence electrons. The van der Waals surface area contributed by atoms with Gasteiger partial charge < -0.3 is 5.73 Å². The van der Waals surface area contributed by atoms with E-state index in [0.717, 1.165) is 39.5 Å². The largest absolute Gasteiger partial charge is 0.383 e. The molecule has 0 atom stereocenters. The second-order valence-electron chi connectivity index (χ2n) is 7.34. The fourth-order valence-corrected chi connectivity index (χ4v) is 3.56. The number of nitrogens with two attached hydrogens (primary N) is 1. The average molecular weight is 341 g/mol. The summed E-state index contributed by atoms with van der Waals surface area (Å²) in [5, 5.41) is 1.98. The Bertz CT molecular complexity index is 1100. The first-order chi connectivity index (χ1) is 12.5. The molecule has 4 rings (SSSR count). The van der Waals surface area contributed by atoms with Gasteiger partial charge in [0.25, 0.3) is 0 Å². The SMILES string of the molecule is Cc1ccc2c(N)nc3cccc(-c4ccc(CC(C)C)cc4)c3c2n1. The molecule has 0 amide bonds. The molecule has 0 aliphatic carbocycles. The number of hydrogen-bond donors (Lipinski definition) is 1. The summed E-state index contributed by atoms with van der Waals surface area (Å²) in [4.78, 5) is 9.40. The van der Waals surface area contributed by atoms with E-state index in [4.69, 9.17) is 10.7 Å². The number of fused-ring (bicyclic) bond motifs is 3. The number of nitrogen functional groups attached to an aromatic ring is 1. The minimum atomic E-state index is 0.532. The summed E-state index contributed by atoms with van der Waals surface area (Å²) in [6.45, 7) is 6.49. The van der Waals surface area contributed by atoms with Gasteiger partial charge in [-0.2, -0.15) is 0 Å². The smallest absolute Gasteiger partial charge is 0.133 e. The van der Waals surface area contributed by atoms with Gasteiger partial charge in [0.2, 0.25) is 0 Å². The molecule has 0 bridgehead atoms. The minimum Gasteiger partial charge on any atom is -0.383 e. The van der Waals surface area contributed by atoms with Crippen molar-refractivity contribution in [3.05, 3.63) is 65.9 Å². The van der Waals surface area contributed by atoms with Gasteiger partial charge in [0, 0.05) is 16.5 Å². The number of nitrogens with zero attached hydrogens (tertiary/aromatic N) is 2. The summed E-state index contributed by atoms with van der Waals surface area (Å²) < 4.78 is 0. The van der Waals surface area contributed by atoms with Crippen LogP contribution in [0, 0.1) is 12.8 Å². The normalized spacial score (nSPS) is 11.5. The molecule has 0 aliphatic heterocycles. The highest BCUT2D eigenvalue weighted by Crippen LogP contribution is 2.34. The van der Waals surface area contributed by atoms with Crippen molar-refractivity contribution in [3.8, 4) is 11.1 Å². The summed E-state index contributed by atoms with van der Waals surface area (Å²) in [6, 6.07) is 19.0. The van der Waals surface area contributed by atoms with Gasteiger partial charge in [0.1, 0.15) is 5.82 Å². The van der Waals surface area contributed by atoms with Crippen molar-refractivity contribution in [2.24, 2.45) is 5.92 Å². The summed E-state index contributed by atoms with van der Waals surface area (Å²) in [5.41, 5.74) is 12.7. The molecule has 0 radical (unpaired) electrons. The van der Waals surface area contributed by atoms with Crippen molar-refractivity contribution in [1.82, 2.24) is 9.97 Å². The highest BCUT2D eigenvalue weighted by Gasteiger charge is 2.13. The Morgan fingerprint density at radius 1 is 0.923 bits per heavy atom. The van der Waals surface area contributed by atoms with Crippen molar-refractivity contribution < 1.29 is 0 Å². The molecular formula is C23H23N3. The number of pyridine rings is 2. The maximum Gasteiger partial charge on any atom is 0.133 e. The number of rotatable bonds is 3. The third kappa shape index (κ3) is 2.90. The van der Waals surface area contributed by atoms with Crippen LogP contribution in [0.5, 0.6) is 0 Å². The Hall–Kier alpha value is -2.94. The van der Waals surface area contributed by atoms with Crippen LogP contribution in [0.2, 0.25) is 0 Å². The summed E-state index contributed by atoms with van der Waals surface area (Å²) in [5.74, 6) is 1.19. The van der Waals surface area contributed by atoms with Crippen molar-refractivity contribution in [2.45, 2.75) is 27.2 Å². The number of anilines is 1. The fourth-order valence-electron chi connectivity index (χ4n) is 3.56. The zero-order valence-electron chi connectivity index (χ0n) is 15.5. The van der Waals surface area contributed by atoms with Gasteiger partial charge in [-0.3, -0.25) is 4.98 Å². The molecule has 0 aliphatic rings. The van der Waals surface area contributed by atoms with Gasteiger partial charge in [-0.15, -0.1) is 0 Å². The standard InChI is InChI=1S/C23H23N3/c1-14(2)13-16-8-10-17(11-9-16)18-5-4-6-20-21(18)22-19(23(24)26-20)12-7-15(3)25-22/h4-12,14H,13H2,1-3H3,(H2,24,26). The molecule has 2 N–H and O–H groups in total. The minimum absolute atomic E-state index is 0.532. The van der Waals surface area contributed by atoms with E-state index in [1.54, 1.807) is 0 Å². The molecular weight excluding hydrogens is 318 g/mol. The quantitative estimate of drug-likeness (QED) is 0.498. The van der Waals surface area contributed by atoms with Crippen LogP contribution in [0.1, 0.15) is 25.1 Å². The topological polar surface area (TPSA) is 51.8 Å². The second kappa shape index (κ2) is 6.41. The Morgan fingerprint density at radius 2 is 1.69 bits per heavy atom. The first-order valence-corrected chi connectivity index (χ1v) is 9.08. The van der Waals surface area contributed by atoms with E-state index in [9.17, 15) is 0 Å². The van der Waals surface area contributed by atoms with Gasteiger partial charge >= 0.3 is 0 Å². The second-order valence-corrected chi connectivity index (χ2v) is 7.34. The van der Waals surface area contributed by atoms with Gasteiger partial charge in [-0.1, -0.05) is 50.2 Å². The molecule has 0 unspecified atom stereocenters. The van der Waals surface area contributed by atoms with Crippen LogP contribution in [-0.4, -0.2) is 9.97 Å². The molecule has 3 heteroatoms. The predicted octanol–water partition coefficient (Wildman–Crippen LogP) is 5.54. The lowest BCUT2D eigenvalue weighted by molar-refractivity contribution is 0.647. The Labute approximate surface area is 153 Å². The fraction of sp³-hybridized carbons (Fsp3) is 0.217. The molecule has 2 heterocycles. The van der Waals surface area contributed by atoms with E-state index < -0.39 is 0 Å². The maximum atomic E-state index is 6.18. The molecule has 0 spiro atoms. The molecule has 0 fully saturated rings. The Kier molecular flexibility index (Phi) is 4.08.